The fourth-order valence-corrected chi connectivity index (χ4v) is 6.29. The minimum atomic E-state index is -0.265. The first-order chi connectivity index (χ1) is 15.8. The molecule has 8 heteroatoms. The van der Waals surface area contributed by atoms with Gasteiger partial charge >= 0.3 is 0 Å². The van der Waals surface area contributed by atoms with Crippen molar-refractivity contribution in [3.05, 3.63) is 100.0 Å². The van der Waals surface area contributed by atoms with Crippen LogP contribution in [0.15, 0.2) is 65.6 Å². The third-order valence-corrected chi connectivity index (χ3v) is 7.71. The molecule has 0 aliphatic carbocycles. The highest BCUT2D eigenvalue weighted by atomic mass is 127. The number of carbonyl (C=O) groups is 2. The molecule has 1 saturated heterocycles. The summed E-state index contributed by atoms with van der Waals surface area (Å²) in [6.45, 7) is 2.71. The van der Waals surface area contributed by atoms with Gasteiger partial charge in [0.2, 0.25) is 0 Å². The minimum Gasteiger partial charge on any atom is -0.487 e. The second kappa shape index (κ2) is 10.8. The van der Waals surface area contributed by atoms with Gasteiger partial charge in [-0.3, -0.25) is 14.5 Å². The van der Waals surface area contributed by atoms with E-state index in [4.69, 9.17) is 16.3 Å². The number of nitrogens with zero attached hydrogens (tertiary/aromatic N) is 1. The van der Waals surface area contributed by atoms with Crippen molar-refractivity contribution < 1.29 is 14.3 Å². The number of benzene rings is 3. The molecule has 1 fully saturated rings. The van der Waals surface area contributed by atoms with Crippen LogP contribution in [0.25, 0.3) is 6.08 Å². The van der Waals surface area contributed by atoms with E-state index in [1.54, 1.807) is 6.08 Å². The first-order valence-electron chi connectivity index (χ1n) is 9.97. The predicted octanol–water partition coefficient (Wildman–Crippen LogP) is 7.67. The number of ether oxygens (including phenoxy) is 1. The Balaban J connectivity index is 1.49. The lowest BCUT2D eigenvalue weighted by atomic mass is 10.1. The summed E-state index contributed by atoms with van der Waals surface area (Å²) in [6.07, 6.45) is 1.77. The summed E-state index contributed by atoms with van der Waals surface area (Å²) in [5.41, 5.74) is 3.94. The van der Waals surface area contributed by atoms with E-state index >= 15 is 0 Å². The molecule has 0 unspecified atom stereocenters. The van der Waals surface area contributed by atoms with E-state index in [2.05, 4.69) is 45.2 Å². The van der Waals surface area contributed by atoms with Crippen LogP contribution in [0.2, 0.25) is 5.02 Å². The van der Waals surface area contributed by atoms with Crippen molar-refractivity contribution in [1.29, 1.82) is 0 Å². The fraction of sp³-hybridized carbons (Fsp3) is 0.120. The van der Waals surface area contributed by atoms with Crippen molar-refractivity contribution in [1.82, 2.24) is 4.90 Å². The van der Waals surface area contributed by atoms with Crippen LogP contribution in [0.3, 0.4) is 0 Å². The zero-order valence-corrected chi connectivity index (χ0v) is 23.4. The molecular formula is C25H18ClI2NO3S. The van der Waals surface area contributed by atoms with Gasteiger partial charge in [0.25, 0.3) is 11.1 Å². The van der Waals surface area contributed by atoms with Crippen LogP contribution in [0, 0.1) is 14.1 Å². The van der Waals surface area contributed by atoms with Crippen molar-refractivity contribution in [2.45, 2.75) is 20.1 Å². The van der Waals surface area contributed by atoms with Crippen LogP contribution >= 0.6 is 68.5 Å². The molecule has 33 heavy (non-hydrogen) atoms. The van der Waals surface area contributed by atoms with Crippen LogP contribution in [-0.2, 0) is 17.9 Å². The molecule has 1 aliphatic rings. The third-order valence-electron chi connectivity index (χ3n) is 4.95. The Hall–Kier alpha value is -1.56. The lowest BCUT2D eigenvalue weighted by molar-refractivity contribution is -0.123. The average Bonchev–Trinajstić information content (AvgIpc) is 3.03. The van der Waals surface area contributed by atoms with Crippen molar-refractivity contribution in [3.8, 4) is 5.75 Å². The molecule has 0 N–H and O–H groups in total. The monoisotopic (exact) mass is 701 g/mol. The Labute approximate surface area is 229 Å². The topological polar surface area (TPSA) is 46.6 Å². The number of amides is 2. The molecule has 0 atom stereocenters. The number of hydrogen-bond acceptors (Lipinski definition) is 4. The molecular weight excluding hydrogens is 684 g/mol. The van der Waals surface area contributed by atoms with Gasteiger partial charge in [0.15, 0.2) is 0 Å². The predicted molar refractivity (Wildman–Crippen MR) is 150 cm³/mol. The van der Waals surface area contributed by atoms with E-state index < -0.39 is 0 Å². The highest BCUT2D eigenvalue weighted by Gasteiger charge is 2.35. The Bertz CT molecular complexity index is 1220. The summed E-state index contributed by atoms with van der Waals surface area (Å²) in [7, 11) is 0. The Morgan fingerprint density at radius 3 is 2.21 bits per heavy atom. The highest BCUT2D eigenvalue weighted by molar-refractivity contribution is 14.1. The molecule has 4 rings (SSSR count). The van der Waals surface area contributed by atoms with Crippen molar-refractivity contribution in [3.63, 3.8) is 0 Å². The maximum Gasteiger partial charge on any atom is 0.293 e. The van der Waals surface area contributed by atoms with E-state index in [-0.39, 0.29) is 17.7 Å². The van der Waals surface area contributed by atoms with E-state index in [1.165, 1.54) is 4.90 Å². The van der Waals surface area contributed by atoms with Gasteiger partial charge in [-0.1, -0.05) is 53.6 Å². The van der Waals surface area contributed by atoms with Gasteiger partial charge in [-0.2, -0.15) is 0 Å². The van der Waals surface area contributed by atoms with Gasteiger partial charge in [0.1, 0.15) is 12.4 Å². The first kappa shape index (κ1) is 24.6. The average molecular weight is 702 g/mol. The van der Waals surface area contributed by atoms with Crippen molar-refractivity contribution >= 4 is 85.8 Å². The van der Waals surface area contributed by atoms with E-state index in [0.29, 0.717) is 16.5 Å². The molecule has 2 amide bonds. The number of thioether (sulfide) groups is 1. The van der Waals surface area contributed by atoms with Gasteiger partial charge in [-0.05, 0) is 111 Å². The second-order valence-corrected chi connectivity index (χ2v) is 11.2. The lowest BCUT2D eigenvalue weighted by Crippen LogP contribution is -2.27. The standard InChI is InChI=1S/C25H18ClI2NO3S/c1-15-2-4-16(5-3-15)13-29-24(30)22(33-25(29)31)12-18-10-20(27)23(21(28)11-18)32-14-17-6-8-19(26)9-7-17/h2-12H,13-14H2,1H3/b22-12-. The molecule has 168 valence electrons. The summed E-state index contributed by atoms with van der Waals surface area (Å²) in [4.78, 5) is 27.1. The Morgan fingerprint density at radius 1 is 0.970 bits per heavy atom. The molecule has 1 aliphatic heterocycles. The third kappa shape index (κ3) is 6.12. The molecule has 0 radical (unpaired) electrons. The smallest absolute Gasteiger partial charge is 0.293 e. The van der Waals surface area contributed by atoms with Crippen LogP contribution in [0.1, 0.15) is 22.3 Å². The molecule has 0 spiro atoms. The van der Waals surface area contributed by atoms with Gasteiger partial charge < -0.3 is 4.74 Å². The van der Waals surface area contributed by atoms with Gasteiger partial charge in [-0.25, -0.2) is 0 Å². The number of aryl methyl sites for hydroxylation is 1. The van der Waals surface area contributed by atoms with Crippen LogP contribution in [0.5, 0.6) is 5.75 Å². The maximum absolute atomic E-state index is 12.9. The largest absolute Gasteiger partial charge is 0.487 e. The molecule has 4 nitrogen and oxygen atoms in total. The summed E-state index contributed by atoms with van der Waals surface area (Å²) in [5, 5.41) is 0.440. The van der Waals surface area contributed by atoms with E-state index in [9.17, 15) is 9.59 Å². The maximum atomic E-state index is 12.9. The second-order valence-electron chi connectivity index (χ2n) is 7.48. The normalized spacial score (nSPS) is 14.9. The molecule has 0 bridgehead atoms. The van der Waals surface area contributed by atoms with Crippen molar-refractivity contribution in [2.24, 2.45) is 0 Å². The molecule has 1 heterocycles. The Kier molecular flexibility index (Phi) is 8.03. The minimum absolute atomic E-state index is 0.251. The van der Waals surface area contributed by atoms with Crippen LogP contribution in [-0.4, -0.2) is 16.0 Å². The van der Waals surface area contributed by atoms with Crippen LogP contribution < -0.4 is 4.74 Å². The van der Waals surface area contributed by atoms with Gasteiger partial charge in [0.05, 0.1) is 18.6 Å². The first-order valence-corrected chi connectivity index (χ1v) is 13.3. The quantitative estimate of drug-likeness (QED) is 0.196. The van der Waals surface area contributed by atoms with Crippen molar-refractivity contribution in [2.75, 3.05) is 0 Å². The SMILES string of the molecule is Cc1ccc(CN2C(=O)S/C(=C\c3cc(I)c(OCc4ccc(Cl)cc4)c(I)c3)C2=O)cc1. The summed E-state index contributed by atoms with van der Waals surface area (Å²) < 4.78 is 7.89. The van der Waals surface area contributed by atoms with Gasteiger partial charge in [-0.15, -0.1) is 0 Å². The molecule has 0 aromatic heterocycles. The summed E-state index contributed by atoms with van der Waals surface area (Å²) in [5.74, 6) is 0.523. The number of rotatable bonds is 6. The van der Waals surface area contributed by atoms with Gasteiger partial charge in [0, 0.05) is 5.02 Å². The summed E-state index contributed by atoms with van der Waals surface area (Å²) >= 11 is 11.4. The molecule has 3 aromatic rings. The lowest BCUT2D eigenvalue weighted by Gasteiger charge is -2.13. The molecule has 3 aromatic carbocycles. The number of carbonyl (C=O) groups excluding carboxylic acids is 2. The number of imide groups is 1. The highest BCUT2D eigenvalue weighted by Crippen LogP contribution is 2.35. The Morgan fingerprint density at radius 2 is 1.58 bits per heavy atom. The van der Waals surface area contributed by atoms with E-state index in [0.717, 1.165) is 46.9 Å². The zero-order valence-electron chi connectivity index (χ0n) is 17.5. The number of hydrogen-bond donors (Lipinski definition) is 0. The fourth-order valence-electron chi connectivity index (χ4n) is 3.20. The van der Waals surface area contributed by atoms with Crippen LogP contribution in [0.4, 0.5) is 4.79 Å². The molecule has 0 saturated carbocycles. The zero-order chi connectivity index (χ0) is 23.5. The number of halogens is 3. The summed E-state index contributed by atoms with van der Waals surface area (Å²) in [6, 6.07) is 19.3. The van der Waals surface area contributed by atoms with E-state index in [1.807, 2.05) is 67.6 Å².